The fourth-order valence-electron chi connectivity index (χ4n) is 3.50. The van der Waals surface area contributed by atoms with Crippen LogP contribution in [0.5, 0.6) is 0 Å². The van der Waals surface area contributed by atoms with Crippen molar-refractivity contribution in [3.8, 4) is 0 Å². The van der Waals surface area contributed by atoms with Crippen LogP contribution >= 0.6 is 35.7 Å². The number of guanidine groups is 1. The van der Waals surface area contributed by atoms with Crippen molar-refractivity contribution in [2.24, 2.45) is 10.9 Å². The zero-order chi connectivity index (χ0) is 17.7. The maximum absolute atomic E-state index is 5.76. The predicted molar refractivity (Wildman–Crippen MR) is 123 cm³/mol. The molecule has 1 heterocycles. The van der Waals surface area contributed by atoms with Crippen LogP contribution in [0, 0.1) is 5.92 Å². The molecular formula is C19H38IN3O2S. The monoisotopic (exact) mass is 499 g/mol. The van der Waals surface area contributed by atoms with E-state index in [9.17, 15) is 0 Å². The summed E-state index contributed by atoms with van der Waals surface area (Å²) < 4.78 is 11.1. The minimum Gasteiger partial charge on any atom is -0.381 e. The topological polar surface area (TPSA) is 54.9 Å². The molecule has 1 aliphatic carbocycles. The summed E-state index contributed by atoms with van der Waals surface area (Å²) in [5, 5.41) is 7.85. The number of hydrogen-bond acceptors (Lipinski definition) is 4. The number of halogens is 1. The zero-order valence-electron chi connectivity index (χ0n) is 16.5. The SMILES string of the molecule is CCNC(=NCCCOCC1CCOC1)NC1CCCC(SCC)C1.I. The largest absolute Gasteiger partial charge is 0.381 e. The normalized spacial score (nSPS) is 26.4. The van der Waals surface area contributed by atoms with Crippen LogP contribution in [0.1, 0.15) is 52.4 Å². The van der Waals surface area contributed by atoms with Crippen LogP contribution in [-0.2, 0) is 9.47 Å². The van der Waals surface area contributed by atoms with Crippen LogP contribution in [0.3, 0.4) is 0 Å². The molecule has 2 rings (SSSR count). The van der Waals surface area contributed by atoms with Gasteiger partial charge in [0.1, 0.15) is 0 Å². The third kappa shape index (κ3) is 9.99. The van der Waals surface area contributed by atoms with Crippen LogP contribution in [-0.4, -0.2) is 62.5 Å². The first kappa shape index (κ1) is 24.3. The molecule has 2 fully saturated rings. The maximum atomic E-state index is 5.76. The van der Waals surface area contributed by atoms with E-state index in [1.54, 1.807) is 0 Å². The van der Waals surface area contributed by atoms with E-state index in [-0.39, 0.29) is 24.0 Å². The molecular weight excluding hydrogens is 461 g/mol. The van der Waals surface area contributed by atoms with Gasteiger partial charge in [-0.15, -0.1) is 24.0 Å². The Hall–Kier alpha value is 0.270. The van der Waals surface area contributed by atoms with Gasteiger partial charge in [0.25, 0.3) is 0 Å². The second-order valence-corrected chi connectivity index (χ2v) is 8.58. The van der Waals surface area contributed by atoms with Gasteiger partial charge in [0, 0.05) is 43.5 Å². The summed E-state index contributed by atoms with van der Waals surface area (Å²) in [5.41, 5.74) is 0. The van der Waals surface area contributed by atoms with Crippen LogP contribution in [0.4, 0.5) is 0 Å². The lowest BCUT2D eigenvalue weighted by atomic mass is 9.95. The zero-order valence-corrected chi connectivity index (χ0v) is 19.7. The molecule has 0 amide bonds. The van der Waals surface area contributed by atoms with Gasteiger partial charge in [-0.1, -0.05) is 13.3 Å². The smallest absolute Gasteiger partial charge is 0.191 e. The first-order valence-electron chi connectivity index (χ1n) is 10.1. The Labute approximate surface area is 181 Å². The summed E-state index contributed by atoms with van der Waals surface area (Å²) in [7, 11) is 0. The first-order chi connectivity index (χ1) is 12.3. The molecule has 7 heteroatoms. The molecule has 0 radical (unpaired) electrons. The Morgan fingerprint density at radius 1 is 1.27 bits per heavy atom. The minimum absolute atomic E-state index is 0. The molecule has 0 aromatic rings. The second kappa shape index (κ2) is 15.2. The highest BCUT2D eigenvalue weighted by atomic mass is 127. The third-order valence-corrected chi connectivity index (χ3v) is 6.04. The van der Waals surface area contributed by atoms with E-state index in [1.165, 1.54) is 31.4 Å². The van der Waals surface area contributed by atoms with E-state index in [0.717, 1.165) is 63.6 Å². The molecule has 1 saturated carbocycles. The molecule has 3 atom stereocenters. The second-order valence-electron chi connectivity index (χ2n) is 7.00. The average molecular weight is 500 g/mol. The summed E-state index contributed by atoms with van der Waals surface area (Å²) in [6, 6.07) is 0.564. The number of nitrogens with one attached hydrogen (secondary N) is 2. The molecule has 5 nitrogen and oxygen atoms in total. The Morgan fingerprint density at radius 3 is 2.88 bits per heavy atom. The summed E-state index contributed by atoms with van der Waals surface area (Å²) >= 11 is 2.11. The lowest BCUT2D eigenvalue weighted by molar-refractivity contribution is 0.0893. The van der Waals surface area contributed by atoms with Crippen LogP contribution < -0.4 is 10.6 Å². The van der Waals surface area contributed by atoms with Gasteiger partial charge in [0.15, 0.2) is 5.96 Å². The molecule has 1 saturated heterocycles. The van der Waals surface area contributed by atoms with Crippen molar-refractivity contribution >= 4 is 41.7 Å². The molecule has 2 aliphatic rings. The van der Waals surface area contributed by atoms with E-state index in [4.69, 9.17) is 14.5 Å². The van der Waals surface area contributed by atoms with E-state index in [1.807, 2.05) is 0 Å². The quantitative estimate of drug-likeness (QED) is 0.208. The van der Waals surface area contributed by atoms with Gasteiger partial charge in [0.05, 0.1) is 13.2 Å². The van der Waals surface area contributed by atoms with Crippen molar-refractivity contribution in [2.45, 2.75) is 63.7 Å². The lowest BCUT2D eigenvalue weighted by Crippen LogP contribution is -2.45. The van der Waals surface area contributed by atoms with Gasteiger partial charge >= 0.3 is 0 Å². The number of nitrogens with zero attached hydrogens (tertiary/aromatic N) is 1. The first-order valence-corrected chi connectivity index (χ1v) is 11.2. The van der Waals surface area contributed by atoms with E-state index < -0.39 is 0 Å². The molecule has 0 aromatic heterocycles. The van der Waals surface area contributed by atoms with Crippen molar-refractivity contribution in [2.75, 3.05) is 45.3 Å². The number of rotatable bonds is 10. The Bertz CT molecular complexity index is 380. The third-order valence-electron chi connectivity index (χ3n) is 4.81. The Morgan fingerprint density at radius 2 is 2.15 bits per heavy atom. The van der Waals surface area contributed by atoms with Gasteiger partial charge in [0.2, 0.25) is 0 Å². The van der Waals surface area contributed by atoms with Crippen molar-refractivity contribution in [1.82, 2.24) is 10.6 Å². The van der Waals surface area contributed by atoms with Gasteiger partial charge in [-0.25, -0.2) is 0 Å². The van der Waals surface area contributed by atoms with E-state index in [0.29, 0.717) is 12.0 Å². The van der Waals surface area contributed by atoms with Crippen LogP contribution in [0.2, 0.25) is 0 Å². The highest BCUT2D eigenvalue weighted by Crippen LogP contribution is 2.28. The molecule has 0 bridgehead atoms. The molecule has 0 spiro atoms. The van der Waals surface area contributed by atoms with Crippen molar-refractivity contribution in [3.05, 3.63) is 0 Å². The number of aliphatic imine (C=N–C) groups is 1. The molecule has 1 aliphatic heterocycles. The summed E-state index contributed by atoms with van der Waals surface area (Å²) in [6.07, 6.45) is 7.34. The lowest BCUT2D eigenvalue weighted by Gasteiger charge is -2.30. The van der Waals surface area contributed by atoms with Gasteiger partial charge in [-0.3, -0.25) is 4.99 Å². The molecule has 26 heavy (non-hydrogen) atoms. The summed E-state index contributed by atoms with van der Waals surface area (Å²) in [5.74, 6) is 2.79. The van der Waals surface area contributed by atoms with E-state index in [2.05, 4.69) is 36.2 Å². The maximum Gasteiger partial charge on any atom is 0.191 e. The van der Waals surface area contributed by atoms with E-state index >= 15 is 0 Å². The molecule has 0 aromatic carbocycles. The average Bonchev–Trinajstić information content (AvgIpc) is 3.12. The fraction of sp³-hybridized carbons (Fsp3) is 0.947. The number of hydrogen-bond donors (Lipinski definition) is 2. The summed E-state index contributed by atoms with van der Waals surface area (Å²) in [6.45, 7) is 9.49. The molecule has 2 N–H and O–H groups in total. The van der Waals surface area contributed by atoms with Crippen LogP contribution in [0.15, 0.2) is 4.99 Å². The highest BCUT2D eigenvalue weighted by Gasteiger charge is 2.22. The van der Waals surface area contributed by atoms with Crippen molar-refractivity contribution in [1.29, 1.82) is 0 Å². The molecule has 154 valence electrons. The Kier molecular flexibility index (Phi) is 14.2. The molecule has 3 unspecified atom stereocenters. The van der Waals surface area contributed by atoms with Crippen molar-refractivity contribution < 1.29 is 9.47 Å². The fourth-order valence-corrected chi connectivity index (χ4v) is 4.67. The van der Waals surface area contributed by atoms with Crippen molar-refractivity contribution in [3.63, 3.8) is 0 Å². The highest BCUT2D eigenvalue weighted by molar-refractivity contribution is 14.0. The van der Waals surface area contributed by atoms with Gasteiger partial charge in [-0.05, 0) is 44.8 Å². The minimum atomic E-state index is 0. The standard InChI is InChI=1S/C19H37N3O2S.HI/c1-3-20-19(22-17-7-5-8-18(13-17)25-4-2)21-10-6-11-23-14-16-9-12-24-15-16;/h16-18H,3-15H2,1-2H3,(H2,20,21,22);1H. The number of thioether (sulfide) groups is 1. The van der Waals surface area contributed by atoms with Crippen LogP contribution in [0.25, 0.3) is 0 Å². The van der Waals surface area contributed by atoms with Gasteiger partial charge in [-0.2, -0.15) is 11.8 Å². The summed E-state index contributed by atoms with van der Waals surface area (Å²) in [4.78, 5) is 4.73. The number of ether oxygens (including phenoxy) is 2. The Balaban J connectivity index is 0.00000338. The van der Waals surface area contributed by atoms with Gasteiger partial charge < -0.3 is 20.1 Å². The predicted octanol–water partition coefficient (Wildman–Crippen LogP) is 3.67.